The number of nitrogens with one attached hydrogen (secondary N) is 1. The van der Waals surface area contributed by atoms with Crippen LogP contribution in [0.25, 0.3) is 0 Å². The molecule has 0 aromatic heterocycles. The summed E-state index contributed by atoms with van der Waals surface area (Å²) in [6, 6.07) is 4.31. The number of hydrogen-bond donors (Lipinski definition) is 3. The van der Waals surface area contributed by atoms with Gasteiger partial charge in [0.1, 0.15) is 5.75 Å². The van der Waals surface area contributed by atoms with Gasteiger partial charge in [-0.1, -0.05) is 6.92 Å². The SMILES string of the molecule is CCC(C)(CCO)NS(=O)(=O)c1ccc(OC)c(N)c1. The van der Waals surface area contributed by atoms with Crippen LogP contribution in [-0.4, -0.2) is 32.8 Å². The molecule has 0 spiro atoms. The summed E-state index contributed by atoms with van der Waals surface area (Å²) in [5.41, 5.74) is 5.29. The number of nitrogens with two attached hydrogens (primary N) is 1. The van der Waals surface area contributed by atoms with Crippen LogP contribution in [0.15, 0.2) is 23.1 Å². The second-order valence-electron chi connectivity index (χ2n) is 4.90. The fourth-order valence-corrected chi connectivity index (χ4v) is 3.35. The maximum atomic E-state index is 12.3. The maximum Gasteiger partial charge on any atom is 0.241 e. The number of aliphatic hydroxyl groups is 1. The Bertz CT molecular complexity index is 559. The molecule has 1 aromatic carbocycles. The fourth-order valence-electron chi connectivity index (χ4n) is 1.81. The average Bonchev–Trinajstić information content (AvgIpc) is 2.38. The van der Waals surface area contributed by atoms with Gasteiger partial charge in [-0.3, -0.25) is 0 Å². The molecular formula is C13H22N2O4S. The molecule has 1 aromatic rings. The molecule has 20 heavy (non-hydrogen) atoms. The Morgan fingerprint density at radius 2 is 2.10 bits per heavy atom. The molecular weight excluding hydrogens is 280 g/mol. The highest BCUT2D eigenvalue weighted by molar-refractivity contribution is 7.89. The van der Waals surface area contributed by atoms with Gasteiger partial charge >= 0.3 is 0 Å². The molecule has 0 heterocycles. The standard InChI is InChI=1S/C13H22N2O4S/c1-4-13(2,7-8-16)15-20(17,18)10-5-6-12(19-3)11(14)9-10/h5-6,9,15-16H,4,7-8,14H2,1-3H3. The number of benzene rings is 1. The van der Waals surface area contributed by atoms with Gasteiger partial charge in [-0.25, -0.2) is 13.1 Å². The minimum absolute atomic E-state index is 0.0772. The van der Waals surface area contributed by atoms with Crippen molar-refractivity contribution in [3.63, 3.8) is 0 Å². The smallest absolute Gasteiger partial charge is 0.241 e. The lowest BCUT2D eigenvalue weighted by Crippen LogP contribution is -2.46. The molecule has 0 aliphatic heterocycles. The van der Waals surface area contributed by atoms with E-state index in [-0.39, 0.29) is 17.2 Å². The zero-order valence-corrected chi connectivity index (χ0v) is 12.8. The van der Waals surface area contributed by atoms with Crippen molar-refractivity contribution in [3.8, 4) is 5.75 Å². The maximum absolute atomic E-state index is 12.3. The van der Waals surface area contributed by atoms with E-state index >= 15 is 0 Å². The number of sulfonamides is 1. The van der Waals surface area contributed by atoms with Crippen LogP contribution in [0.3, 0.4) is 0 Å². The molecule has 1 unspecified atom stereocenters. The molecule has 0 aliphatic carbocycles. The summed E-state index contributed by atoms with van der Waals surface area (Å²) in [4.78, 5) is 0.0772. The van der Waals surface area contributed by atoms with Gasteiger partial charge in [0.05, 0.1) is 17.7 Å². The van der Waals surface area contributed by atoms with Crippen molar-refractivity contribution in [2.24, 2.45) is 0 Å². The van der Waals surface area contributed by atoms with Gasteiger partial charge in [-0.05, 0) is 38.0 Å². The number of aliphatic hydroxyl groups excluding tert-OH is 1. The van der Waals surface area contributed by atoms with Gasteiger partial charge in [-0.15, -0.1) is 0 Å². The first-order valence-corrected chi connectivity index (χ1v) is 7.84. The molecule has 4 N–H and O–H groups in total. The van der Waals surface area contributed by atoms with Gasteiger partial charge in [0.15, 0.2) is 0 Å². The molecule has 1 rings (SSSR count). The lowest BCUT2D eigenvalue weighted by molar-refractivity contribution is 0.233. The highest BCUT2D eigenvalue weighted by Crippen LogP contribution is 2.26. The Morgan fingerprint density at radius 3 is 2.55 bits per heavy atom. The predicted molar refractivity (Wildman–Crippen MR) is 78.1 cm³/mol. The first kappa shape index (κ1) is 16.7. The van der Waals surface area contributed by atoms with Gasteiger partial charge in [0.2, 0.25) is 10.0 Å². The van der Waals surface area contributed by atoms with Crippen LogP contribution >= 0.6 is 0 Å². The summed E-state index contributed by atoms with van der Waals surface area (Å²) in [6.45, 7) is 3.53. The largest absolute Gasteiger partial charge is 0.495 e. The molecule has 1 atom stereocenters. The predicted octanol–water partition coefficient (Wildman–Crippen LogP) is 1.11. The van der Waals surface area contributed by atoms with E-state index in [4.69, 9.17) is 15.6 Å². The van der Waals surface area contributed by atoms with E-state index < -0.39 is 15.6 Å². The summed E-state index contributed by atoms with van der Waals surface area (Å²) >= 11 is 0. The number of rotatable bonds is 7. The molecule has 0 amide bonds. The lowest BCUT2D eigenvalue weighted by Gasteiger charge is -2.28. The van der Waals surface area contributed by atoms with Crippen molar-refractivity contribution in [1.82, 2.24) is 4.72 Å². The molecule has 6 nitrogen and oxygen atoms in total. The zero-order chi connectivity index (χ0) is 15.4. The third-order valence-electron chi connectivity index (χ3n) is 3.34. The first-order valence-electron chi connectivity index (χ1n) is 6.36. The highest BCUT2D eigenvalue weighted by Gasteiger charge is 2.28. The summed E-state index contributed by atoms with van der Waals surface area (Å²) in [5.74, 6) is 0.428. The van der Waals surface area contributed by atoms with Crippen LogP contribution in [0.2, 0.25) is 0 Å². The minimum Gasteiger partial charge on any atom is -0.495 e. The highest BCUT2D eigenvalue weighted by atomic mass is 32.2. The van der Waals surface area contributed by atoms with E-state index in [0.29, 0.717) is 18.6 Å². The summed E-state index contributed by atoms with van der Waals surface area (Å²) in [7, 11) is -2.23. The number of methoxy groups -OCH3 is 1. The van der Waals surface area contributed by atoms with Crippen LogP contribution in [0.4, 0.5) is 5.69 Å². The second kappa shape index (κ2) is 6.43. The summed E-state index contributed by atoms with van der Waals surface area (Å²) in [6.07, 6.45) is 0.910. The van der Waals surface area contributed by atoms with E-state index in [1.807, 2.05) is 6.92 Å². The molecule has 7 heteroatoms. The Kier molecular flexibility index (Phi) is 5.38. The zero-order valence-electron chi connectivity index (χ0n) is 12.0. The first-order chi connectivity index (χ1) is 9.28. The summed E-state index contributed by atoms with van der Waals surface area (Å²) in [5, 5.41) is 9.04. The monoisotopic (exact) mass is 302 g/mol. The van der Waals surface area contributed by atoms with Crippen molar-refractivity contribution >= 4 is 15.7 Å². The number of nitrogen functional groups attached to an aromatic ring is 1. The van der Waals surface area contributed by atoms with E-state index in [0.717, 1.165) is 0 Å². The number of hydrogen-bond acceptors (Lipinski definition) is 5. The molecule has 0 bridgehead atoms. The van der Waals surface area contributed by atoms with Gasteiger partial charge < -0.3 is 15.6 Å². The second-order valence-corrected chi connectivity index (χ2v) is 6.58. The Balaban J connectivity index is 3.08. The average molecular weight is 302 g/mol. The van der Waals surface area contributed by atoms with E-state index in [1.165, 1.54) is 25.3 Å². The number of ether oxygens (including phenoxy) is 1. The Morgan fingerprint density at radius 1 is 1.45 bits per heavy atom. The van der Waals surface area contributed by atoms with Crippen LogP contribution < -0.4 is 15.2 Å². The van der Waals surface area contributed by atoms with Gasteiger partial charge in [-0.2, -0.15) is 0 Å². The fraction of sp³-hybridized carbons (Fsp3) is 0.538. The van der Waals surface area contributed by atoms with Crippen LogP contribution in [0.1, 0.15) is 26.7 Å². The van der Waals surface area contributed by atoms with Crippen molar-refractivity contribution in [1.29, 1.82) is 0 Å². The third-order valence-corrected chi connectivity index (χ3v) is 4.97. The summed E-state index contributed by atoms with van der Waals surface area (Å²) < 4.78 is 32.3. The van der Waals surface area contributed by atoms with Crippen LogP contribution in [0.5, 0.6) is 5.75 Å². The quantitative estimate of drug-likeness (QED) is 0.655. The topological polar surface area (TPSA) is 102 Å². The van der Waals surface area contributed by atoms with E-state index in [1.54, 1.807) is 6.92 Å². The molecule has 0 saturated carbocycles. The van der Waals surface area contributed by atoms with Crippen molar-refractivity contribution in [2.45, 2.75) is 37.1 Å². The number of anilines is 1. The van der Waals surface area contributed by atoms with E-state index in [9.17, 15) is 8.42 Å². The van der Waals surface area contributed by atoms with Crippen molar-refractivity contribution in [3.05, 3.63) is 18.2 Å². The van der Waals surface area contributed by atoms with Gasteiger partial charge in [0.25, 0.3) is 0 Å². The van der Waals surface area contributed by atoms with Crippen LogP contribution in [0, 0.1) is 0 Å². The lowest BCUT2D eigenvalue weighted by atomic mass is 9.97. The minimum atomic E-state index is -3.70. The van der Waals surface area contributed by atoms with Crippen LogP contribution in [-0.2, 0) is 10.0 Å². The van der Waals surface area contributed by atoms with Crippen molar-refractivity contribution < 1.29 is 18.3 Å². The van der Waals surface area contributed by atoms with Gasteiger partial charge in [0, 0.05) is 12.1 Å². The third kappa shape index (κ3) is 3.84. The normalized spacial score (nSPS) is 14.8. The molecule has 0 radical (unpaired) electrons. The molecule has 0 fully saturated rings. The Hall–Kier alpha value is -1.31. The molecule has 0 aliphatic rings. The van der Waals surface area contributed by atoms with Crippen molar-refractivity contribution in [2.75, 3.05) is 19.5 Å². The molecule has 114 valence electrons. The Labute approximate surface area is 120 Å². The van der Waals surface area contributed by atoms with E-state index in [2.05, 4.69) is 4.72 Å². The molecule has 0 saturated heterocycles.